The lowest BCUT2D eigenvalue weighted by Gasteiger charge is -2.19. The second-order valence-corrected chi connectivity index (χ2v) is 7.05. The van der Waals surface area contributed by atoms with Crippen molar-refractivity contribution in [1.82, 2.24) is 9.47 Å². The highest BCUT2D eigenvalue weighted by molar-refractivity contribution is 7.98. The topological polar surface area (TPSA) is 8.17 Å². The predicted octanol–water partition coefficient (Wildman–Crippen LogP) is 3.53. The van der Waals surface area contributed by atoms with Crippen molar-refractivity contribution in [3.63, 3.8) is 0 Å². The van der Waals surface area contributed by atoms with E-state index in [9.17, 15) is 0 Å². The van der Waals surface area contributed by atoms with Crippen LogP contribution in [0, 0.1) is 0 Å². The van der Waals surface area contributed by atoms with E-state index in [1.165, 1.54) is 67.9 Å². The number of thioether (sulfide) groups is 1. The molecule has 3 heteroatoms. The van der Waals surface area contributed by atoms with Gasteiger partial charge in [-0.2, -0.15) is 11.8 Å². The van der Waals surface area contributed by atoms with Gasteiger partial charge >= 0.3 is 0 Å². The van der Waals surface area contributed by atoms with Crippen molar-refractivity contribution in [2.75, 3.05) is 25.4 Å². The van der Waals surface area contributed by atoms with Crippen LogP contribution in [0.1, 0.15) is 24.1 Å². The maximum atomic E-state index is 2.62. The molecule has 2 nitrogen and oxygen atoms in total. The van der Waals surface area contributed by atoms with Crippen LogP contribution in [-0.4, -0.2) is 34.9 Å². The van der Waals surface area contributed by atoms with E-state index in [1.807, 2.05) is 0 Å². The highest BCUT2D eigenvalue weighted by Gasteiger charge is 2.20. The summed E-state index contributed by atoms with van der Waals surface area (Å²) in [6, 6.07) is 8.99. The minimum absolute atomic E-state index is 1.17. The zero-order valence-electron chi connectivity index (χ0n) is 12.0. The molecule has 1 aromatic heterocycles. The molecule has 0 unspecified atom stereocenters. The molecule has 0 saturated carbocycles. The number of likely N-dealkylation sites (tertiary alicyclic amines) is 1. The normalized spacial score (nSPS) is 19.6. The van der Waals surface area contributed by atoms with Crippen LogP contribution in [0.3, 0.4) is 0 Å². The molecule has 1 aromatic carbocycles. The van der Waals surface area contributed by atoms with Crippen LogP contribution in [0.4, 0.5) is 0 Å². The molecule has 0 bridgehead atoms. The molecule has 4 rings (SSSR count). The van der Waals surface area contributed by atoms with E-state index >= 15 is 0 Å². The first-order chi connectivity index (χ1) is 9.93. The van der Waals surface area contributed by atoms with E-state index in [4.69, 9.17) is 0 Å². The van der Waals surface area contributed by atoms with Gasteiger partial charge in [0.15, 0.2) is 0 Å². The molecule has 0 aliphatic carbocycles. The highest BCUT2D eigenvalue weighted by atomic mass is 32.2. The van der Waals surface area contributed by atoms with Crippen LogP contribution < -0.4 is 0 Å². The molecule has 0 atom stereocenters. The predicted molar refractivity (Wildman–Crippen MR) is 87.5 cm³/mol. The largest absolute Gasteiger partial charge is 0.343 e. The van der Waals surface area contributed by atoms with Gasteiger partial charge in [-0.05, 0) is 49.7 Å². The monoisotopic (exact) mass is 286 g/mol. The smallest absolute Gasteiger partial charge is 0.0486 e. The second-order valence-electron chi connectivity index (χ2n) is 5.95. The molecule has 0 amide bonds. The van der Waals surface area contributed by atoms with Gasteiger partial charge in [0.05, 0.1) is 0 Å². The van der Waals surface area contributed by atoms with Crippen molar-refractivity contribution in [3.8, 4) is 0 Å². The van der Waals surface area contributed by atoms with E-state index in [1.54, 1.807) is 11.3 Å². The summed E-state index contributed by atoms with van der Waals surface area (Å²) in [7, 11) is 0. The van der Waals surface area contributed by atoms with Gasteiger partial charge in [0.1, 0.15) is 0 Å². The summed E-state index contributed by atoms with van der Waals surface area (Å²) in [5, 5.41) is 1.50. The molecule has 2 aliphatic heterocycles. The molecule has 106 valence electrons. The third-order valence-electron chi connectivity index (χ3n) is 4.76. The van der Waals surface area contributed by atoms with Crippen molar-refractivity contribution >= 4 is 22.7 Å². The van der Waals surface area contributed by atoms with Gasteiger partial charge in [-0.3, -0.25) is 0 Å². The number of benzene rings is 1. The van der Waals surface area contributed by atoms with E-state index in [0.717, 1.165) is 0 Å². The van der Waals surface area contributed by atoms with Gasteiger partial charge in [-0.15, -0.1) is 0 Å². The van der Waals surface area contributed by atoms with Crippen LogP contribution in [0.15, 0.2) is 24.3 Å². The zero-order chi connectivity index (χ0) is 13.4. The fourth-order valence-electron chi connectivity index (χ4n) is 3.72. The molecule has 2 aliphatic rings. The maximum Gasteiger partial charge on any atom is 0.0486 e. The Bertz CT molecular complexity index is 611. The molecule has 0 spiro atoms. The Morgan fingerprint density at radius 1 is 1.05 bits per heavy atom. The van der Waals surface area contributed by atoms with Crippen LogP contribution >= 0.6 is 11.8 Å². The lowest BCUT2D eigenvalue weighted by atomic mass is 10.1. The highest BCUT2D eigenvalue weighted by Crippen LogP contribution is 2.33. The van der Waals surface area contributed by atoms with E-state index < -0.39 is 0 Å². The standard InChI is InChI=1S/C17H22N2S/c1-2-6-16-14(5-1)15-13-20-12-7-17(15)19(16)11-10-18-8-3-4-9-18/h1-2,5-6H,3-4,7-13H2. The van der Waals surface area contributed by atoms with Crippen LogP contribution in [0.2, 0.25) is 0 Å². The van der Waals surface area contributed by atoms with Crippen LogP contribution in [-0.2, 0) is 18.7 Å². The molecular formula is C17H22N2S. The molecule has 1 saturated heterocycles. The van der Waals surface area contributed by atoms with Gasteiger partial charge in [-0.25, -0.2) is 0 Å². The van der Waals surface area contributed by atoms with E-state index in [2.05, 4.69) is 45.5 Å². The molecule has 3 heterocycles. The molecular weight excluding hydrogens is 264 g/mol. The Kier molecular flexibility index (Phi) is 3.49. The molecule has 0 radical (unpaired) electrons. The van der Waals surface area contributed by atoms with Crippen molar-refractivity contribution < 1.29 is 0 Å². The molecule has 1 fully saturated rings. The Labute approximate surface area is 125 Å². The first-order valence-electron chi connectivity index (χ1n) is 7.82. The number of para-hydroxylation sites is 1. The lowest BCUT2D eigenvalue weighted by Crippen LogP contribution is -2.25. The number of hydrogen-bond acceptors (Lipinski definition) is 2. The Morgan fingerprint density at radius 3 is 2.80 bits per heavy atom. The van der Waals surface area contributed by atoms with E-state index in [0.29, 0.717) is 0 Å². The van der Waals surface area contributed by atoms with Crippen molar-refractivity contribution in [2.45, 2.75) is 31.6 Å². The number of aromatic nitrogens is 1. The second kappa shape index (κ2) is 5.45. The quantitative estimate of drug-likeness (QED) is 0.853. The van der Waals surface area contributed by atoms with Crippen molar-refractivity contribution in [3.05, 3.63) is 35.5 Å². The number of hydrogen-bond donors (Lipinski definition) is 0. The van der Waals surface area contributed by atoms with E-state index in [-0.39, 0.29) is 0 Å². The zero-order valence-corrected chi connectivity index (χ0v) is 12.8. The SMILES string of the molecule is c1ccc2c(c1)c1c(n2CCN2CCCC2)CCSC1. The minimum atomic E-state index is 1.17. The average Bonchev–Trinajstić information content (AvgIpc) is 3.11. The van der Waals surface area contributed by atoms with Crippen LogP contribution in [0.5, 0.6) is 0 Å². The van der Waals surface area contributed by atoms with Gasteiger partial charge in [0, 0.05) is 35.4 Å². The van der Waals surface area contributed by atoms with Gasteiger partial charge in [0.2, 0.25) is 0 Å². The Morgan fingerprint density at radius 2 is 1.90 bits per heavy atom. The third-order valence-corrected chi connectivity index (χ3v) is 5.75. The van der Waals surface area contributed by atoms with Crippen molar-refractivity contribution in [2.24, 2.45) is 0 Å². The summed E-state index contributed by atoms with van der Waals surface area (Å²) >= 11 is 2.09. The van der Waals surface area contributed by atoms with Crippen molar-refractivity contribution in [1.29, 1.82) is 0 Å². The first kappa shape index (κ1) is 12.8. The average molecular weight is 286 g/mol. The number of nitrogens with zero attached hydrogens (tertiary/aromatic N) is 2. The minimum Gasteiger partial charge on any atom is -0.343 e. The van der Waals surface area contributed by atoms with Gasteiger partial charge in [0.25, 0.3) is 0 Å². The summed E-state index contributed by atoms with van der Waals surface area (Å²) in [4.78, 5) is 2.62. The summed E-state index contributed by atoms with van der Waals surface area (Å²) < 4.78 is 2.61. The summed E-state index contributed by atoms with van der Waals surface area (Å²) in [6.07, 6.45) is 4.02. The van der Waals surface area contributed by atoms with Gasteiger partial charge < -0.3 is 9.47 Å². The first-order valence-corrected chi connectivity index (χ1v) is 8.98. The summed E-state index contributed by atoms with van der Waals surface area (Å²) in [6.45, 7) is 4.99. The third kappa shape index (κ3) is 2.17. The summed E-state index contributed by atoms with van der Waals surface area (Å²) in [5.74, 6) is 2.49. The molecule has 0 N–H and O–H groups in total. The fraction of sp³-hybridized carbons (Fsp3) is 0.529. The van der Waals surface area contributed by atoms with Gasteiger partial charge in [-0.1, -0.05) is 18.2 Å². The molecule has 2 aromatic rings. The Hall–Kier alpha value is -0.930. The maximum absolute atomic E-state index is 2.62. The summed E-state index contributed by atoms with van der Waals surface area (Å²) in [5.41, 5.74) is 4.68. The van der Waals surface area contributed by atoms with Crippen LogP contribution in [0.25, 0.3) is 10.9 Å². The lowest BCUT2D eigenvalue weighted by molar-refractivity contribution is 0.323. The Balaban J connectivity index is 1.69. The number of fused-ring (bicyclic) bond motifs is 3. The molecule has 20 heavy (non-hydrogen) atoms. The fourth-order valence-corrected chi connectivity index (χ4v) is 4.73. The number of rotatable bonds is 3.